The van der Waals surface area contributed by atoms with E-state index in [9.17, 15) is 9.90 Å². The SMILES string of the molecule is CN(c1ccccc1)C(C(=O)O)c1ccc(Cl)cc1. The molecular weight excluding hydrogens is 262 g/mol. The standard InChI is InChI=1S/C15H14ClNO2/c1-17(13-5-3-2-4-6-13)14(15(18)19)11-7-9-12(16)10-8-11/h2-10,14H,1H3,(H,18,19). The van der Waals surface area contributed by atoms with Crippen LogP contribution in [-0.4, -0.2) is 18.1 Å². The maximum atomic E-state index is 11.5. The number of anilines is 1. The normalized spacial score (nSPS) is 11.9. The Morgan fingerprint density at radius 2 is 1.68 bits per heavy atom. The lowest BCUT2D eigenvalue weighted by Gasteiger charge is -2.27. The number of hydrogen-bond donors (Lipinski definition) is 1. The van der Waals surface area contributed by atoms with E-state index in [1.54, 1.807) is 36.2 Å². The number of likely N-dealkylation sites (N-methyl/N-ethyl adjacent to an activating group) is 1. The van der Waals surface area contributed by atoms with Crippen molar-refractivity contribution >= 4 is 23.3 Å². The van der Waals surface area contributed by atoms with Crippen LogP contribution in [0.3, 0.4) is 0 Å². The number of carbonyl (C=O) groups is 1. The Bertz CT molecular complexity index is 554. The highest BCUT2D eigenvalue weighted by molar-refractivity contribution is 6.30. The highest BCUT2D eigenvalue weighted by atomic mass is 35.5. The summed E-state index contributed by atoms with van der Waals surface area (Å²) in [6, 6.07) is 15.6. The summed E-state index contributed by atoms with van der Waals surface area (Å²) in [7, 11) is 1.77. The summed E-state index contributed by atoms with van der Waals surface area (Å²) in [5.41, 5.74) is 1.55. The lowest BCUT2D eigenvalue weighted by atomic mass is 10.1. The first kappa shape index (κ1) is 13.4. The van der Waals surface area contributed by atoms with Crippen molar-refractivity contribution in [2.75, 3.05) is 11.9 Å². The Balaban J connectivity index is 2.36. The molecule has 0 aliphatic rings. The number of benzene rings is 2. The third kappa shape index (κ3) is 3.06. The van der Waals surface area contributed by atoms with E-state index in [1.807, 2.05) is 30.3 Å². The third-order valence-electron chi connectivity index (χ3n) is 2.97. The van der Waals surface area contributed by atoms with Crippen molar-refractivity contribution in [3.05, 3.63) is 65.2 Å². The van der Waals surface area contributed by atoms with Crippen molar-refractivity contribution in [2.24, 2.45) is 0 Å². The van der Waals surface area contributed by atoms with Crippen LogP contribution < -0.4 is 4.90 Å². The smallest absolute Gasteiger partial charge is 0.331 e. The van der Waals surface area contributed by atoms with Crippen molar-refractivity contribution < 1.29 is 9.90 Å². The summed E-state index contributed by atoms with van der Waals surface area (Å²) in [4.78, 5) is 13.3. The summed E-state index contributed by atoms with van der Waals surface area (Å²) in [6.07, 6.45) is 0. The van der Waals surface area contributed by atoms with Gasteiger partial charge in [-0.05, 0) is 29.8 Å². The summed E-state index contributed by atoms with van der Waals surface area (Å²) < 4.78 is 0. The summed E-state index contributed by atoms with van der Waals surface area (Å²) in [6.45, 7) is 0. The molecule has 3 nitrogen and oxygen atoms in total. The van der Waals surface area contributed by atoms with E-state index in [0.29, 0.717) is 10.6 Å². The van der Waals surface area contributed by atoms with Crippen molar-refractivity contribution in [2.45, 2.75) is 6.04 Å². The van der Waals surface area contributed by atoms with E-state index >= 15 is 0 Å². The fourth-order valence-corrected chi connectivity index (χ4v) is 2.12. The van der Waals surface area contributed by atoms with Crippen LogP contribution in [0.2, 0.25) is 5.02 Å². The molecule has 2 rings (SSSR count). The molecular formula is C15H14ClNO2. The lowest BCUT2D eigenvalue weighted by Crippen LogP contribution is -2.30. The molecule has 2 aromatic carbocycles. The molecule has 1 atom stereocenters. The zero-order chi connectivity index (χ0) is 13.8. The molecule has 0 saturated carbocycles. The van der Waals surface area contributed by atoms with Crippen LogP contribution in [0, 0.1) is 0 Å². The van der Waals surface area contributed by atoms with Crippen LogP contribution in [0.1, 0.15) is 11.6 Å². The average Bonchev–Trinajstić information content (AvgIpc) is 2.42. The summed E-state index contributed by atoms with van der Waals surface area (Å²) >= 11 is 5.83. The van der Waals surface area contributed by atoms with Crippen molar-refractivity contribution in [3.63, 3.8) is 0 Å². The van der Waals surface area contributed by atoms with Crippen LogP contribution >= 0.6 is 11.6 Å². The zero-order valence-corrected chi connectivity index (χ0v) is 11.2. The quantitative estimate of drug-likeness (QED) is 0.927. The van der Waals surface area contributed by atoms with Crippen molar-refractivity contribution in [1.29, 1.82) is 0 Å². The molecule has 0 heterocycles. The Morgan fingerprint density at radius 3 is 2.21 bits per heavy atom. The molecule has 0 spiro atoms. The molecule has 98 valence electrons. The number of carboxylic acids is 1. The summed E-state index contributed by atoms with van der Waals surface area (Å²) in [5, 5.41) is 10.0. The molecule has 2 aromatic rings. The molecule has 0 aromatic heterocycles. The Hall–Kier alpha value is -2.00. The van der Waals surface area contributed by atoms with E-state index in [2.05, 4.69) is 0 Å². The molecule has 0 saturated heterocycles. The van der Waals surface area contributed by atoms with Gasteiger partial charge < -0.3 is 10.0 Å². The number of rotatable bonds is 4. The van der Waals surface area contributed by atoms with E-state index < -0.39 is 12.0 Å². The van der Waals surface area contributed by atoms with Crippen LogP contribution in [0.4, 0.5) is 5.69 Å². The minimum atomic E-state index is -0.895. The molecule has 0 amide bonds. The molecule has 0 bridgehead atoms. The van der Waals surface area contributed by atoms with Gasteiger partial charge in [0.1, 0.15) is 0 Å². The van der Waals surface area contributed by atoms with Crippen molar-refractivity contribution in [1.82, 2.24) is 0 Å². The second-order valence-corrected chi connectivity index (χ2v) is 4.68. The average molecular weight is 276 g/mol. The fourth-order valence-electron chi connectivity index (χ4n) is 1.99. The number of aliphatic carboxylic acids is 1. The Kier molecular flexibility index (Phi) is 4.07. The van der Waals surface area contributed by atoms with E-state index in [0.717, 1.165) is 5.69 Å². The molecule has 19 heavy (non-hydrogen) atoms. The maximum absolute atomic E-state index is 11.5. The second-order valence-electron chi connectivity index (χ2n) is 4.24. The molecule has 0 fully saturated rings. The number of carboxylic acid groups (broad SMARTS) is 1. The number of halogens is 1. The molecule has 1 N–H and O–H groups in total. The van der Waals surface area contributed by atoms with Crippen LogP contribution in [0.15, 0.2) is 54.6 Å². The number of hydrogen-bond acceptors (Lipinski definition) is 2. The fraction of sp³-hybridized carbons (Fsp3) is 0.133. The van der Waals surface area contributed by atoms with E-state index in [1.165, 1.54) is 0 Å². The monoisotopic (exact) mass is 275 g/mol. The largest absolute Gasteiger partial charge is 0.479 e. The van der Waals surface area contributed by atoms with E-state index in [4.69, 9.17) is 11.6 Å². The van der Waals surface area contributed by atoms with Gasteiger partial charge in [-0.15, -0.1) is 0 Å². The Morgan fingerprint density at radius 1 is 1.11 bits per heavy atom. The van der Waals surface area contributed by atoms with Gasteiger partial charge in [-0.25, -0.2) is 4.79 Å². The van der Waals surface area contributed by atoms with Gasteiger partial charge in [0, 0.05) is 17.8 Å². The Labute approximate surface area is 117 Å². The summed E-state index contributed by atoms with van der Waals surface area (Å²) in [5.74, 6) is -0.895. The highest BCUT2D eigenvalue weighted by Gasteiger charge is 2.24. The first-order valence-electron chi connectivity index (χ1n) is 5.86. The van der Waals surface area contributed by atoms with E-state index in [-0.39, 0.29) is 0 Å². The molecule has 0 aliphatic heterocycles. The zero-order valence-electron chi connectivity index (χ0n) is 10.5. The van der Waals surface area contributed by atoms with Gasteiger partial charge in [0.2, 0.25) is 0 Å². The maximum Gasteiger partial charge on any atom is 0.331 e. The molecule has 0 radical (unpaired) electrons. The number of para-hydroxylation sites is 1. The van der Waals surface area contributed by atoms with Crippen LogP contribution in [0.25, 0.3) is 0 Å². The van der Waals surface area contributed by atoms with Gasteiger partial charge in [0.25, 0.3) is 0 Å². The van der Waals surface area contributed by atoms with Gasteiger partial charge in [0.05, 0.1) is 0 Å². The number of nitrogens with zero attached hydrogens (tertiary/aromatic N) is 1. The van der Waals surface area contributed by atoms with Crippen molar-refractivity contribution in [3.8, 4) is 0 Å². The van der Waals surface area contributed by atoms with Gasteiger partial charge >= 0.3 is 5.97 Å². The minimum absolute atomic E-state index is 0.593. The predicted molar refractivity (Wildman–Crippen MR) is 76.7 cm³/mol. The predicted octanol–water partition coefficient (Wildman–Crippen LogP) is 3.60. The van der Waals surface area contributed by atoms with Gasteiger partial charge in [-0.2, -0.15) is 0 Å². The minimum Gasteiger partial charge on any atom is -0.479 e. The third-order valence-corrected chi connectivity index (χ3v) is 3.22. The molecule has 0 aliphatic carbocycles. The first-order valence-corrected chi connectivity index (χ1v) is 6.23. The molecule has 4 heteroatoms. The van der Waals surface area contributed by atoms with Crippen LogP contribution in [0.5, 0.6) is 0 Å². The van der Waals surface area contributed by atoms with Crippen LogP contribution in [-0.2, 0) is 4.79 Å². The van der Waals surface area contributed by atoms with Gasteiger partial charge in [-0.1, -0.05) is 41.9 Å². The first-order chi connectivity index (χ1) is 9.09. The topological polar surface area (TPSA) is 40.5 Å². The van der Waals surface area contributed by atoms with Gasteiger partial charge in [-0.3, -0.25) is 0 Å². The molecule has 1 unspecified atom stereocenters. The highest BCUT2D eigenvalue weighted by Crippen LogP contribution is 2.26. The lowest BCUT2D eigenvalue weighted by molar-refractivity contribution is -0.138. The van der Waals surface area contributed by atoms with Gasteiger partial charge in [0.15, 0.2) is 6.04 Å². The second kappa shape index (κ2) is 5.76.